The molecule has 2 rings (SSSR count). The first-order chi connectivity index (χ1) is 8.58. The van der Waals surface area contributed by atoms with Crippen molar-refractivity contribution in [1.29, 1.82) is 0 Å². The lowest BCUT2D eigenvalue weighted by molar-refractivity contribution is 0.176. The average Bonchev–Trinajstić information content (AvgIpc) is 2.32. The van der Waals surface area contributed by atoms with Crippen LogP contribution in [0.1, 0.15) is 34.1 Å². The molecule has 2 nitrogen and oxygen atoms in total. The van der Waals surface area contributed by atoms with E-state index < -0.39 is 6.10 Å². The summed E-state index contributed by atoms with van der Waals surface area (Å²) in [7, 11) is 0. The highest BCUT2D eigenvalue weighted by molar-refractivity contribution is 5.35. The van der Waals surface area contributed by atoms with E-state index in [1.165, 1.54) is 0 Å². The highest BCUT2D eigenvalue weighted by Crippen LogP contribution is 2.24. The number of rotatable bonds is 3. The summed E-state index contributed by atoms with van der Waals surface area (Å²) in [6.07, 6.45) is 1.92. The van der Waals surface area contributed by atoms with E-state index in [0.717, 1.165) is 27.9 Å². The molecule has 2 heteroatoms. The summed E-state index contributed by atoms with van der Waals surface area (Å²) in [6, 6.07) is 10.1. The lowest BCUT2D eigenvalue weighted by atomic mass is 9.95. The van der Waals surface area contributed by atoms with Crippen LogP contribution >= 0.6 is 0 Å². The van der Waals surface area contributed by atoms with E-state index >= 15 is 0 Å². The summed E-state index contributed by atoms with van der Waals surface area (Å²) in [5, 5.41) is 10.4. The van der Waals surface area contributed by atoms with Crippen LogP contribution in [0, 0.1) is 20.8 Å². The zero-order chi connectivity index (χ0) is 13.1. The van der Waals surface area contributed by atoms with Crippen molar-refractivity contribution in [2.24, 2.45) is 0 Å². The van der Waals surface area contributed by atoms with Gasteiger partial charge in [-0.1, -0.05) is 24.3 Å². The fourth-order valence-electron chi connectivity index (χ4n) is 2.27. The Kier molecular flexibility index (Phi) is 3.78. The normalized spacial score (nSPS) is 12.4. The minimum Gasteiger partial charge on any atom is -0.388 e. The first-order valence-electron chi connectivity index (χ1n) is 6.23. The fraction of sp³-hybridized carbons (Fsp3) is 0.312. The molecule has 1 aromatic carbocycles. The smallest absolute Gasteiger partial charge is 0.0850 e. The third-order valence-electron chi connectivity index (χ3n) is 3.25. The van der Waals surface area contributed by atoms with Crippen molar-refractivity contribution in [3.63, 3.8) is 0 Å². The maximum Gasteiger partial charge on any atom is 0.0850 e. The van der Waals surface area contributed by atoms with Crippen molar-refractivity contribution in [3.05, 3.63) is 64.5 Å². The third kappa shape index (κ3) is 2.77. The highest BCUT2D eigenvalue weighted by atomic mass is 16.3. The maximum atomic E-state index is 10.4. The van der Waals surface area contributed by atoms with E-state index in [0.29, 0.717) is 6.42 Å². The number of hydrogen-bond acceptors (Lipinski definition) is 2. The van der Waals surface area contributed by atoms with Gasteiger partial charge in [0.1, 0.15) is 0 Å². The predicted molar refractivity (Wildman–Crippen MR) is 73.6 cm³/mol. The van der Waals surface area contributed by atoms with Gasteiger partial charge in [0.25, 0.3) is 0 Å². The zero-order valence-electron chi connectivity index (χ0n) is 11.1. The van der Waals surface area contributed by atoms with Crippen LogP contribution in [0.25, 0.3) is 0 Å². The van der Waals surface area contributed by atoms with Crippen LogP contribution in [0.3, 0.4) is 0 Å². The van der Waals surface area contributed by atoms with Crippen molar-refractivity contribution in [3.8, 4) is 0 Å². The fourth-order valence-corrected chi connectivity index (χ4v) is 2.27. The van der Waals surface area contributed by atoms with Gasteiger partial charge in [-0.25, -0.2) is 0 Å². The summed E-state index contributed by atoms with van der Waals surface area (Å²) in [5.41, 5.74) is 5.36. The molecule has 0 radical (unpaired) electrons. The molecule has 0 saturated heterocycles. The summed E-state index contributed by atoms with van der Waals surface area (Å²) < 4.78 is 0. The number of hydrogen-bond donors (Lipinski definition) is 1. The van der Waals surface area contributed by atoms with Gasteiger partial charge in [-0.15, -0.1) is 0 Å². The standard InChI is InChI=1S/C16H19NO/c1-11-7-8-14(17-10-11)9-15(18)16-12(2)5-4-6-13(16)3/h4-8,10,15,18H,9H2,1-3H3. The van der Waals surface area contributed by atoms with Gasteiger partial charge in [-0.2, -0.15) is 0 Å². The quantitative estimate of drug-likeness (QED) is 0.894. The van der Waals surface area contributed by atoms with Crippen LogP contribution in [0.15, 0.2) is 36.5 Å². The van der Waals surface area contributed by atoms with E-state index in [1.807, 2.05) is 57.3 Å². The molecule has 94 valence electrons. The van der Waals surface area contributed by atoms with Crippen molar-refractivity contribution in [1.82, 2.24) is 4.98 Å². The molecular formula is C16H19NO. The minimum absolute atomic E-state index is 0.485. The van der Waals surface area contributed by atoms with Crippen LogP contribution in [0.4, 0.5) is 0 Å². The molecule has 1 aromatic heterocycles. The van der Waals surface area contributed by atoms with E-state index in [2.05, 4.69) is 4.98 Å². The Balaban J connectivity index is 2.22. The molecule has 1 heterocycles. The Hall–Kier alpha value is -1.67. The zero-order valence-corrected chi connectivity index (χ0v) is 11.1. The molecule has 0 spiro atoms. The Bertz CT molecular complexity index is 511. The first kappa shape index (κ1) is 12.8. The molecule has 0 saturated carbocycles. The molecule has 0 bridgehead atoms. The Morgan fingerprint density at radius 1 is 1.06 bits per heavy atom. The predicted octanol–water partition coefficient (Wildman–Crippen LogP) is 3.28. The van der Waals surface area contributed by atoms with Gasteiger partial charge < -0.3 is 5.11 Å². The van der Waals surface area contributed by atoms with Gasteiger partial charge in [0.05, 0.1) is 6.10 Å². The summed E-state index contributed by atoms with van der Waals surface area (Å²) >= 11 is 0. The molecule has 0 aliphatic rings. The third-order valence-corrected chi connectivity index (χ3v) is 3.25. The Morgan fingerprint density at radius 3 is 2.28 bits per heavy atom. The number of aliphatic hydroxyl groups excluding tert-OH is 1. The first-order valence-corrected chi connectivity index (χ1v) is 6.23. The largest absolute Gasteiger partial charge is 0.388 e. The molecule has 1 N–H and O–H groups in total. The summed E-state index contributed by atoms with van der Waals surface area (Å²) in [5.74, 6) is 0. The minimum atomic E-state index is -0.485. The number of benzene rings is 1. The Labute approximate surface area is 108 Å². The number of aryl methyl sites for hydroxylation is 3. The number of nitrogens with zero attached hydrogens (tertiary/aromatic N) is 1. The van der Waals surface area contributed by atoms with Crippen molar-refractivity contribution in [2.75, 3.05) is 0 Å². The second kappa shape index (κ2) is 5.32. The monoisotopic (exact) mass is 241 g/mol. The van der Waals surface area contributed by atoms with E-state index in [1.54, 1.807) is 0 Å². The average molecular weight is 241 g/mol. The lowest BCUT2D eigenvalue weighted by Crippen LogP contribution is -2.07. The van der Waals surface area contributed by atoms with E-state index in [4.69, 9.17) is 0 Å². The summed E-state index contributed by atoms with van der Waals surface area (Å²) in [6.45, 7) is 6.08. The molecule has 0 aliphatic heterocycles. The number of aliphatic hydroxyl groups is 1. The molecule has 2 aromatic rings. The molecule has 0 amide bonds. The second-order valence-corrected chi connectivity index (χ2v) is 4.85. The van der Waals surface area contributed by atoms with Gasteiger partial charge >= 0.3 is 0 Å². The highest BCUT2D eigenvalue weighted by Gasteiger charge is 2.14. The van der Waals surface area contributed by atoms with Gasteiger partial charge in [-0.3, -0.25) is 4.98 Å². The van der Waals surface area contributed by atoms with Gasteiger partial charge in [0, 0.05) is 18.3 Å². The van der Waals surface area contributed by atoms with Gasteiger partial charge in [-0.05, 0) is 49.1 Å². The Morgan fingerprint density at radius 2 is 1.72 bits per heavy atom. The molecule has 0 fully saturated rings. The molecule has 1 atom stereocenters. The van der Waals surface area contributed by atoms with Crippen LogP contribution < -0.4 is 0 Å². The van der Waals surface area contributed by atoms with Crippen LogP contribution in [0.5, 0.6) is 0 Å². The van der Waals surface area contributed by atoms with E-state index in [-0.39, 0.29) is 0 Å². The topological polar surface area (TPSA) is 33.1 Å². The second-order valence-electron chi connectivity index (χ2n) is 4.85. The van der Waals surface area contributed by atoms with E-state index in [9.17, 15) is 5.11 Å². The number of aromatic nitrogens is 1. The van der Waals surface area contributed by atoms with Gasteiger partial charge in [0.15, 0.2) is 0 Å². The lowest BCUT2D eigenvalue weighted by Gasteiger charge is -2.16. The molecule has 18 heavy (non-hydrogen) atoms. The van der Waals surface area contributed by atoms with Crippen molar-refractivity contribution >= 4 is 0 Å². The maximum absolute atomic E-state index is 10.4. The SMILES string of the molecule is Cc1ccc(CC(O)c2c(C)cccc2C)nc1. The molecular weight excluding hydrogens is 222 g/mol. The molecule has 1 unspecified atom stereocenters. The van der Waals surface area contributed by atoms with Crippen LogP contribution in [-0.2, 0) is 6.42 Å². The molecule has 0 aliphatic carbocycles. The van der Waals surface area contributed by atoms with Gasteiger partial charge in [0.2, 0.25) is 0 Å². The van der Waals surface area contributed by atoms with Crippen LogP contribution in [-0.4, -0.2) is 10.1 Å². The number of pyridine rings is 1. The summed E-state index contributed by atoms with van der Waals surface area (Å²) in [4.78, 5) is 4.34. The van der Waals surface area contributed by atoms with Crippen molar-refractivity contribution in [2.45, 2.75) is 33.3 Å². The van der Waals surface area contributed by atoms with Crippen LogP contribution in [0.2, 0.25) is 0 Å². The van der Waals surface area contributed by atoms with Crippen molar-refractivity contribution < 1.29 is 5.11 Å².